The first-order chi connectivity index (χ1) is 6.91. The maximum atomic E-state index is 11.0. The van der Waals surface area contributed by atoms with E-state index < -0.39 is 16.1 Å². The third-order valence-electron chi connectivity index (χ3n) is 1.48. The molecule has 0 fully saturated rings. The molecule has 0 aromatic heterocycles. The molecule has 0 amide bonds. The van der Waals surface area contributed by atoms with Crippen LogP contribution in [-0.4, -0.2) is 56.8 Å². The van der Waals surface area contributed by atoms with Gasteiger partial charge in [0.05, 0.1) is 19.1 Å². The second-order valence-electron chi connectivity index (χ2n) is 2.84. The first kappa shape index (κ1) is 18.2. The molecule has 0 aliphatic heterocycles. The van der Waals surface area contributed by atoms with Crippen molar-refractivity contribution in [2.45, 2.75) is 6.92 Å². The van der Waals surface area contributed by atoms with Gasteiger partial charge in [0.15, 0.2) is 0 Å². The van der Waals surface area contributed by atoms with Crippen LogP contribution < -0.4 is 0 Å². The Morgan fingerprint density at radius 2 is 2.06 bits per heavy atom. The second-order valence-corrected chi connectivity index (χ2v) is 4.62. The molecule has 16 heavy (non-hydrogen) atoms. The number of hydrogen-bond donors (Lipinski definition) is 0. The van der Waals surface area contributed by atoms with Crippen LogP contribution in [0, 0.1) is 5.92 Å². The van der Waals surface area contributed by atoms with Crippen LogP contribution in [0.2, 0.25) is 0 Å². The van der Waals surface area contributed by atoms with Gasteiger partial charge in [-0.15, -0.1) is 0 Å². The van der Waals surface area contributed by atoms with Gasteiger partial charge >= 0.3 is 35.5 Å². The summed E-state index contributed by atoms with van der Waals surface area (Å²) < 4.78 is 30.8. The van der Waals surface area contributed by atoms with E-state index >= 15 is 0 Å². The van der Waals surface area contributed by atoms with E-state index in [9.17, 15) is 13.2 Å². The van der Waals surface area contributed by atoms with Crippen LogP contribution in [-0.2, 0) is 23.8 Å². The summed E-state index contributed by atoms with van der Waals surface area (Å²) in [5.74, 6) is -1.05. The summed E-state index contributed by atoms with van der Waals surface area (Å²) in [4.78, 5) is 10.6. The Morgan fingerprint density at radius 3 is 2.50 bits per heavy atom. The number of esters is 1. The van der Waals surface area contributed by atoms with E-state index in [1.54, 1.807) is 6.92 Å². The fraction of sp³-hybridized carbons (Fsp3) is 0.444. The molecule has 0 spiro atoms. The summed E-state index contributed by atoms with van der Waals surface area (Å²) in [5, 5.41) is 0. The summed E-state index contributed by atoms with van der Waals surface area (Å²) in [7, 11) is -2.39. The summed E-state index contributed by atoms with van der Waals surface area (Å²) >= 11 is 0. The number of ether oxygens (including phenoxy) is 1. The Hall–Kier alpha value is -0.140. The summed E-state index contributed by atoms with van der Waals surface area (Å²) in [6.45, 7) is 4.87. The predicted octanol–water partition coefficient (Wildman–Crippen LogP) is 0.193. The molecular formula is C9H15NaO5S. The average molecular weight is 258 g/mol. The van der Waals surface area contributed by atoms with Crippen molar-refractivity contribution in [1.29, 1.82) is 0 Å². The molecule has 0 saturated carbocycles. The molecule has 0 aromatic carbocycles. The Labute approximate surface area is 118 Å². The van der Waals surface area contributed by atoms with Crippen molar-refractivity contribution in [2.24, 2.45) is 5.92 Å². The number of allylic oxidation sites excluding steroid dienone is 1. The summed E-state index contributed by atoms with van der Waals surface area (Å²) in [6.07, 6.45) is 3.61. The molecular weight excluding hydrogens is 243 g/mol. The van der Waals surface area contributed by atoms with Crippen LogP contribution in [0.15, 0.2) is 25.0 Å². The van der Waals surface area contributed by atoms with Crippen LogP contribution in [0.4, 0.5) is 0 Å². The van der Waals surface area contributed by atoms with Crippen LogP contribution >= 0.6 is 0 Å². The van der Waals surface area contributed by atoms with Crippen LogP contribution in [0.1, 0.15) is 6.92 Å². The van der Waals surface area contributed by atoms with Crippen LogP contribution in [0.25, 0.3) is 0 Å². The number of carbonyl (C=O) groups is 1. The van der Waals surface area contributed by atoms with Crippen molar-refractivity contribution in [3.63, 3.8) is 0 Å². The van der Waals surface area contributed by atoms with Gasteiger partial charge in [0.2, 0.25) is 0 Å². The van der Waals surface area contributed by atoms with Crippen LogP contribution in [0.3, 0.4) is 0 Å². The topological polar surface area (TPSA) is 69.7 Å². The summed E-state index contributed by atoms with van der Waals surface area (Å²) in [5.41, 5.74) is 0. The predicted molar refractivity (Wildman–Crippen MR) is 62.5 cm³/mol. The molecule has 0 radical (unpaired) electrons. The Kier molecular flexibility index (Phi) is 10.2. The maximum absolute atomic E-state index is 11.0. The minimum atomic E-state index is -3.49. The first-order valence-corrected chi connectivity index (χ1v) is 5.77. The van der Waals surface area contributed by atoms with Gasteiger partial charge in [-0.2, -0.15) is 8.42 Å². The van der Waals surface area contributed by atoms with Crippen molar-refractivity contribution in [3.05, 3.63) is 25.0 Å². The van der Waals surface area contributed by atoms with E-state index in [0.717, 1.165) is 19.4 Å². The third kappa shape index (κ3) is 9.11. The van der Waals surface area contributed by atoms with Gasteiger partial charge in [-0.3, -0.25) is 4.18 Å². The fourth-order valence-corrected chi connectivity index (χ4v) is 1.63. The zero-order chi connectivity index (χ0) is 11.9. The molecule has 0 saturated heterocycles. The molecule has 1 unspecified atom stereocenters. The number of hydrogen-bond acceptors (Lipinski definition) is 5. The molecule has 0 aliphatic carbocycles. The molecule has 0 rings (SSSR count). The normalized spacial score (nSPS) is 12.9. The van der Waals surface area contributed by atoms with Gasteiger partial charge in [-0.05, 0) is 12.0 Å². The van der Waals surface area contributed by atoms with Gasteiger partial charge in [-0.1, -0.05) is 13.5 Å². The molecule has 88 valence electrons. The molecule has 0 N–H and O–H groups in total. The van der Waals surface area contributed by atoms with E-state index in [4.69, 9.17) is 0 Å². The molecule has 0 aliphatic rings. The van der Waals surface area contributed by atoms with E-state index in [1.807, 2.05) is 0 Å². The molecule has 1 atom stereocenters. The second kappa shape index (κ2) is 8.95. The zero-order valence-corrected chi connectivity index (χ0v) is 9.49. The fourth-order valence-electron chi connectivity index (χ4n) is 0.734. The van der Waals surface area contributed by atoms with E-state index in [-0.39, 0.29) is 41.2 Å². The first-order valence-electron chi connectivity index (χ1n) is 4.19. The summed E-state index contributed by atoms with van der Waals surface area (Å²) in [6, 6.07) is 0. The van der Waals surface area contributed by atoms with Crippen molar-refractivity contribution >= 4 is 45.6 Å². The number of carbonyl (C=O) groups excluding carboxylic acids is 1. The Bertz CT molecular complexity index is 347. The van der Waals surface area contributed by atoms with Gasteiger partial charge in [0.25, 0.3) is 10.1 Å². The zero-order valence-electron chi connectivity index (χ0n) is 8.67. The average Bonchev–Trinajstić information content (AvgIpc) is 2.16. The molecule has 5 nitrogen and oxygen atoms in total. The molecule has 0 bridgehead atoms. The molecule has 0 aromatic rings. The van der Waals surface area contributed by atoms with Gasteiger partial charge in [0.1, 0.15) is 0 Å². The SMILES string of the molecule is C=CC(=O)OC=CC(C)CS(=O)(=O)OC.[NaH]. The Morgan fingerprint density at radius 1 is 1.50 bits per heavy atom. The standard InChI is InChI=1S/C9H14O5S.Na.H/c1-4-9(10)14-6-5-8(2)7-15(11,12)13-3;;/h4-6,8H,1,7H2,2-3H3;;. The van der Waals surface area contributed by atoms with Gasteiger partial charge in [-0.25, -0.2) is 4.79 Å². The van der Waals surface area contributed by atoms with Gasteiger partial charge < -0.3 is 4.74 Å². The quantitative estimate of drug-likeness (QED) is 0.224. The van der Waals surface area contributed by atoms with Crippen molar-refractivity contribution < 1.29 is 22.1 Å². The minimum absolute atomic E-state index is 0. The molecule has 0 heterocycles. The third-order valence-corrected chi connectivity index (χ3v) is 2.92. The van der Waals surface area contributed by atoms with E-state index in [2.05, 4.69) is 15.5 Å². The van der Waals surface area contributed by atoms with E-state index in [0.29, 0.717) is 0 Å². The Balaban J connectivity index is 0. The van der Waals surface area contributed by atoms with Crippen LogP contribution in [0.5, 0.6) is 0 Å². The van der Waals surface area contributed by atoms with Gasteiger partial charge in [0, 0.05) is 6.08 Å². The van der Waals surface area contributed by atoms with Crippen molar-refractivity contribution in [1.82, 2.24) is 0 Å². The van der Waals surface area contributed by atoms with Crippen molar-refractivity contribution in [2.75, 3.05) is 12.9 Å². The monoisotopic (exact) mass is 258 g/mol. The molecule has 7 heteroatoms. The van der Waals surface area contributed by atoms with Crippen molar-refractivity contribution in [3.8, 4) is 0 Å². The number of rotatable bonds is 6. The van der Waals surface area contributed by atoms with E-state index in [1.165, 1.54) is 6.08 Å².